The maximum Gasteiger partial charge on any atom is 0.238 e. The van der Waals surface area contributed by atoms with Crippen molar-refractivity contribution in [3.8, 4) is 0 Å². The van der Waals surface area contributed by atoms with E-state index in [4.69, 9.17) is 5.14 Å². The number of aryl methyl sites for hydroxylation is 1. The number of hydrogen-bond acceptors (Lipinski definition) is 4. The Morgan fingerprint density at radius 1 is 1.39 bits per heavy atom. The Labute approximate surface area is 107 Å². The van der Waals surface area contributed by atoms with Crippen molar-refractivity contribution in [2.24, 2.45) is 5.14 Å². The fraction of sp³-hybridized carbons (Fsp3) is 0.364. The number of nitrogens with two attached hydrogens (primary N) is 1. The van der Waals surface area contributed by atoms with Gasteiger partial charge in [0.25, 0.3) is 0 Å². The number of rotatable bonds is 4. The third-order valence-corrected chi connectivity index (χ3v) is 3.17. The number of anilines is 1. The zero-order chi connectivity index (χ0) is 13.9. The maximum atomic E-state index is 11.6. The van der Waals surface area contributed by atoms with Gasteiger partial charge >= 0.3 is 0 Å². The highest BCUT2D eigenvalue weighted by Gasteiger charge is 2.11. The third-order valence-electron chi connectivity index (χ3n) is 2.26. The van der Waals surface area contributed by atoms with E-state index in [1.165, 1.54) is 18.2 Å². The summed E-state index contributed by atoms with van der Waals surface area (Å²) in [6.45, 7) is 1.97. The van der Waals surface area contributed by atoms with Crippen molar-refractivity contribution in [3.63, 3.8) is 0 Å². The van der Waals surface area contributed by atoms with Crippen LogP contribution < -0.4 is 10.5 Å². The van der Waals surface area contributed by atoms with Crippen LogP contribution in [0.15, 0.2) is 23.1 Å². The molecule has 0 fully saturated rings. The summed E-state index contributed by atoms with van der Waals surface area (Å²) in [5.74, 6) is -0.161. The number of primary sulfonamides is 1. The van der Waals surface area contributed by atoms with Crippen molar-refractivity contribution in [1.82, 2.24) is 4.90 Å². The molecule has 1 amide bonds. The Hall–Kier alpha value is -1.44. The summed E-state index contributed by atoms with van der Waals surface area (Å²) < 4.78 is 22.3. The van der Waals surface area contributed by atoms with Gasteiger partial charge in [0.2, 0.25) is 15.9 Å². The molecule has 3 N–H and O–H groups in total. The van der Waals surface area contributed by atoms with Crippen LogP contribution in [0.1, 0.15) is 5.56 Å². The molecule has 0 atom stereocenters. The lowest BCUT2D eigenvalue weighted by Crippen LogP contribution is -2.27. The van der Waals surface area contributed by atoms with E-state index < -0.39 is 10.0 Å². The van der Waals surface area contributed by atoms with Crippen LogP contribution in [-0.4, -0.2) is 39.9 Å². The van der Waals surface area contributed by atoms with E-state index in [1.54, 1.807) is 25.9 Å². The van der Waals surface area contributed by atoms with Crippen molar-refractivity contribution in [2.45, 2.75) is 11.8 Å². The summed E-state index contributed by atoms with van der Waals surface area (Å²) in [6, 6.07) is 4.33. The Morgan fingerprint density at radius 2 is 2.00 bits per heavy atom. The van der Waals surface area contributed by atoms with Gasteiger partial charge < -0.3 is 10.2 Å². The van der Waals surface area contributed by atoms with E-state index in [1.807, 2.05) is 0 Å². The number of amides is 1. The van der Waals surface area contributed by atoms with Gasteiger partial charge in [-0.15, -0.1) is 0 Å². The van der Waals surface area contributed by atoms with E-state index >= 15 is 0 Å². The van der Waals surface area contributed by atoms with Gasteiger partial charge in [-0.1, -0.05) is 0 Å². The van der Waals surface area contributed by atoms with Crippen LogP contribution in [0.4, 0.5) is 5.69 Å². The van der Waals surface area contributed by atoms with Crippen molar-refractivity contribution in [3.05, 3.63) is 23.8 Å². The normalized spacial score (nSPS) is 11.6. The predicted molar refractivity (Wildman–Crippen MR) is 69.7 cm³/mol. The van der Waals surface area contributed by atoms with E-state index in [0.717, 1.165) is 0 Å². The fourth-order valence-corrected chi connectivity index (χ4v) is 2.03. The zero-order valence-electron chi connectivity index (χ0n) is 10.6. The Kier molecular flexibility index (Phi) is 4.44. The molecule has 6 nitrogen and oxygen atoms in total. The molecular weight excluding hydrogens is 254 g/mol. The molecule has 1 aromatic rings. The van der Waals surface area contributed by atoms with Crippen LogP contribution >= 0.6 is 0 Å². The Bertz CT molecular complexity index is 553. The largest absolute Gasteiger partial charge is 0.325 e. The minimum atomic E-state index is -3.71. The lowest BCUT2D eigenvalue weighted by molar-refractivity contribution is -0.116. The number of likely N-dealkylation sites (N-methyl/N-ethyl adjacent to an activating group) is 1. The first-order valence-corrected chi connectivity index (χ1v) is 6.83. The topological polar surface area (TPSA) is 92.5 Å². The average molecular weight is 271 g/mol. The number of carbonyl (C=O) groups is 1. The number of nitrogens with zero attached hydrogens (tertiary/aromatic N) is 1. The highest BCUT2D eigenvalue weighted by molar-refractivity contribution is 7.89. The minimum Gasteiger partial charge on any atom is -0.325 e. The van der Waals surface area contributed by atoms with E-state index in [-0.39, 0.29) is 17.3 Å². The molecule has 0 aliphatic heterocycles. The summed E-state index contributed by atoms with van der Waals surface area (Å²) in [5.41, 5.74) is 1.22. The van der Waals surface area contributed by atoms with Crippen LogP contribution in [0.5, 0.6) is 0 Å². The van der Waals surface area contributed by atoms with Gasteiger partial charge in [0, 0.05) is 5.69 Å². The van der Waals surface area contributed by atoms with Gasteiger partial charge in [-0.05, 0) is 44.8 Å². The molecule has 0 spiro atoms. The van der Waals surface area contributed by atoms with E-state index in [0.29, 0.717) is 11.3 Å². The van der Waals surface area contributed by atoms with Crippen molar-refractivity contribution in [1.29, 1.82) is 0 Å². The first-order valence-electron chi connectivity index (χ1n) is 5.28. The number of sulfonamides is 1. The molecular formula is C11H17N3O3S. The number of benzene rings is 1. The van der Waals surface area contributed by atoms with Crippen LogP contribution in [0.2, 0.25) is 0 Å². The first kappa shape index (κ1) is 14.6. The summed E-state index contributed by atoms with van der Waals surface area (Å²) in [7, 11) is -0.134. The molecule has 1 aromatic carbocycles. The maximum absolute atomic E-state index is 11.6. The highest BCUT2D eigenvalue weighted by Crippen LogP contribution is 2.18. The van der Waals surface area contributed by atoms with E-state index in [9.17, 15) is 13.2 Å². The van der Waals surface area contributed by atoms with Crippen LogP contribution in [0.3, 0.4) is 0 Å². The Balaban J connectivity index is 2.90. The molecule has 0 bridgehead atoms. The summed E-state index contributed by atoms with van der Waals surface area (Å²) >= 11 is 0. The van der Waals surface area contributed by atoms with Crippen molar-refractivity contribution in [2.75, 3.05) is 26.0 Å². The number of nitrogens with one attached hydrogen (secondary N) is 1. The highest BCUT2D eigenvalue weighted by atomic mass is 32.2. The smallest absolute Gasteiger partial charge is 0.238 e. The van der Waals surface area contributed by atoms with Crippen molar-refractivity contribution < 1.29 is 13.2 Å². The lowest BCUT2D eigenvalue weighted by Gasteiger charge is -2.12. The molecule has 0 heterocycles. The Morgan fingerprint density at radius 3 is 2.44 bits per heavy atom. The second kappa shape index (κ2) is 5.47. The molecule has 0 aliphatic rings. The molecule has 0 aromatic heterocycles. The van der Waals surface area contributed by atoms with Crippen LogP contribution in [0.25, 0.3) is 0 Å². The van der Waals surface area contributed by atoms with Gasteiger partial charge in [0.1, 0.15) is 0 Å². The molecule has 1 rings (SSSR count). The standard InChI is InChI=1S/C11H17N3O3S/c1-8-6-9(18(12,16)17)4-5-10(8)13-11(15)7-14(2)3/h4-6H,7H2,1-3H3,(H,13,15)(H2,12,16,17). The van der Waals surface area contributed by atoms with Gasteiger partial charge in [-0.2, -0.15) is 0 Å². The quantitative estimate of drug-likeness (QED) is 0.815. The van der Waals surface area contributed by atoms with Gasteiger partial charge in [-0.3, -0.25) is 4.79 Å². The second-order valence-electron chi connectivity index (χ2n) is 4.31. The lowest BCUT2D eigenvalue weighted by atomic mass is 10.2. The average Bonchev–Trinajstić information content (AvgIpc) is 2.18. The van der Waals surface area contributed by atoms with Crippen molar-refractivity contribution >= 4 is 21.6 Å². The molecule has 0 radical (unpaired) electrons. The predicted octanol–water partition coefficient (Wildman–Crippen LogP) is 0.143. The molecule has 0 unspecified atom stereocenters. The van der Waals surface area contributed by atoms with E-state index in [2.05, 4.69) is 5.32 Å². The molecule has 100 valence electrons. The number of carbonyl (C=O) groups excluding carboxylic acids is 1. The SMILES string of the molecule is Cc1cc(S(N)(=O)=O)ccc1NC(=O)CN(C)C. The summed E-state index contributed by atoms with van der Waals surface area (Å²) in [6.07, 6.45) is 0. The molecule has 0 aliphatic carbocycles. The van der Waals surface area contributed by atoms with Crippen LogP contribution in [0, 0.1) is 6.92 Å². The monoisotopic (exact) mass is 271 g/mol. The second-order valence-corrected chi connectivity index (χ2v) is 5.87. The number of hydrogen-bond donors (Lipinski definition) is 2. The summed E-state index contributed by atoms with van der Waals surface area (Å²) in [4.78, 5) is 13.3. The first-order chi connectivity index (χ1) is 8.20. The van der Waals surface area contributed by atoms with Crippen LogP contribution in [-0.2, 0) is 14.8 Å². The fourth-order valence-electron chi connectivity index (χ4n) is 1.43. The molecule has 7 heteroatoms. The molecule has 0 saturated heterocycles. The minimum absolute atomic E-state index is 0.0330. The molecule has 18 heavy (non-hydrogen) atoms. The van der Waals surface area contributed by atoms with Gasteiger partial charge in [0.15, 0.2) is 0 Å². The summed E-state index contributed by atoms with van der Waals surface area (Å²) in [5, 5.41) is 7.73. The van der Waals surface area contributed by atoms with Gasteiger partial charge in [0.05, 0.1) is 11.4 Å². The third kappa shape index (κ3) is 4.10. The van der Waals surface area contributed by atoms with Gasteiger partial charge in [-0.25, -0.2) is 13.6 Å². The molecule has 0 saturated carbocycles. The zero-order valence-corrected chi connectivity index (χ0v) is 11.4.